The van der Waals surface area contributed by atoms with Gasteiger partial charge >= 0.3 is 0 Å². The number of likely N-dealkylation sites (tertiary alicyclic amines) is 2. The van der Waals surface area contributed by atoms with Gasteiger partial charge in [0.1, 0.15) is 0 Å². The topological polar surface area (TPSA) is 52.7 Å². The van der Waals surface area contributed by atoms with Crippen molar-refractivity contribution in [3.05, 3.63) is 0 Å². The SMILES string of the molecule is CC1(C)C2CNCC2CN1CC(=O)N1CCCC1=O. The molecule has 2 amide bonds. The van der Waals surface area contributed by atoms with Crippen molar-refractivity contribution in [3.8, 4) is 0 Å². The molecule has 5 nitrogen and oxygen atoms in total. The minimum absolute atomic E-state index is 0.00358. The maximum Gasteiger partial charge on any atom is 0.243 e. The largest absolute Gasteiger partial charge is 0.316 e. The Kier molecular flexibility index (Phi) is 3.14. The Hall–Kier alpha value is -0.940. The van der Waals surface area contributed by atoms with Crippen molar-refractivity contribution >= 4 is 11.8 Å². The van der Waals surface area contributed by atoms with Crippen molar-refractivity contribution in [2.75, 3.05) is 32.7 Å². The highest BCUT2D eigenvalue weighted by atomic mass is 16.2. The molecule has 2 atom stereocenters. The number of nitrogens with one attached hydrogen (secondary N) is 1. The summed E-state index contributed by atoms with van der Waals surface area (Å²) < 4.78 is 0. The van der Waals surface area contributed by atoms with Crippen LogP contribution in [0.3, 0.4) is 0 Å². The van der Waals surface area contributed by atoms with Gasteiger partial charge in [0.2, 0.25) is 11.8 Å². The lowest BCUT2D eigenvalue weighted by Gasteiger charge is -2.35. The fourth-order valence-electron chi connectivity index (χ4n) is 3.93. The first-order valence-corrected chi connectivity index (χ1v) is 7.29. The molecule has 0 aromatic rings. The summed E-state index contributed by atoms with van der Waals surface area (Å²) in [6, 6.07) is 0. The molecule has 0 aliphatic carbocycles. The molecule has 0 spiro atoms. The fraction of sp³-hybridized carbons (Fsp3) is 0.857. The summed E-state index contributed by atoms with van der Waals surface area (Å²) in [6.45, 7) is 8.53. The van der Waals surface area contributed by atoms with Gasteiger partial charge in [-0.2, -0.15) is 0 Å². The summed E-state index contributed by atoms with van der Waals surface area (Å²) >= 11 is 0. The number of imide groups is 1. The lowest BCUT2D eigenvalue weighted by Crippen LogP contribution is -2.49. The van der Waals surface area contributed by atoms with Gasteiger partial charge in [-0.1, -0.05) is 0 Å². The quantitative estimate of drug-likeness (QED) is 0.767. The van der Waals surface area contributed by atoms with Crippen LogP contribution < -0.4 is 5.32 Å². The number of nitrogens with zero attached hydrogens (tertiary/aromatic N) is 2. The van der Waals surface area contributed by atoms with E-state index in [0.717, 1.165) is 26.1 Å². The zero-order chi connectivity index (χ0) is 13.6. The molecule has 2 unspecified atom stereocenters. The van der Waals surface area contributed by atoms with Crippen LogP contribution in [0.1, 0.15) is 26.7 Å². The van der Waals surface area contributed by atoms with E-state index in [1.165, 1.54) is 4.90 Å². The fourth-order valence-corrected chi connectivity index (χ4v) is 3.93. The Morgan fingerprint density at radius 1 is 1.42 bits per heavy atom. The first kappa shape index (κ1) is 13.1. The van der Waals surface area contributed by atoms with Gasteiger partial charge < -0.3 is 5.32 Å². The van der Waals surface area contributed by atoms with Crippen LogP contribution in [0.15, 0.2) is 0 Å². The third-order valence-electron chi connectivity index (χ3n) is 5.22. The van der Waals surface area contributed by atoms with Crippen LogP contribution in [-0.2, 0) is 9.59 Å². The smallest absolute Gasteiger partial charge is 0.243 e. The second kappa shape index (κ2) is 4.56. The second-order valence-corrected chi connectivity index (χ2v) is 6.60. The predicted octanol–water partition coefficient (Wildman–Crippen LogP) is 0.0652. The number of fused-ring (bicyclic) bond motifs is 1. The van der Waals surface area contributed by atoms with E-state index < -0.39 is 0 Å². The number of amides is 2. The van der Waals surface area contributed by atoms with Gasteiger partial charge in [-0.25, -0.2) is 0 Å². The predicted molar refractivity (Wildman–Crippen MR) is 71.5 cm³/mol. The van der Waals surface area contributed by atoms with Crippen LogP contribution in [-0.4, -0.2) is 59.9 Å². The molecule has 3 rings (SSSR count). The second-order valence-electron chi connectivity index (χ2n) is 6.60. The summed E-state index contributed by atoms with van der Waals surface area (Å²) in [4.78, 5) is 27.6. The van der Waals surface area contributed by atoms with E-state index in [1.807, 2.05) is 0 Å². The Labute approximate surface area is 114 Å². The number of carbonyl (C=O) groups excluding carboxylic acids is 2. The first-order chi connectivity index (χ1) is 9.00. The third-order valence-corrected chi connectivity index (χ3v) is 5.22. The van der Waals surface area contributed by atoms with E-state index in [4.69, 9.17) is 0 Å². The van der Waals surface area contributed by atoms with Crippen LogP contribution in [0, 0.1) is 11.8 Å². The van der Waals surface area contributed by atoms with Crippen molar-refractivity contribution in [3.63, 3.8) is 0 Å². The molecule has 19 heavy (non-hydrogen) atoms. The van der Waals surface area contributed by atoms with Gasteiger partial charge in [-0.3, -0.25) is 19.4 Å². The standard InChI is InChI=1S/C14H23N3O2/c1-14(2)11-7-15-6-10(11)8-16(14)9-13(19)17-5-3-4-12(17)18/h10-11,15H,3-9H2,1-2H3. The molecule has 1 N–H and O–H groups in total. The molecular formula is C14H23N3O2. The van der Waals surface area contributed by atoms with Crippen molar-refractivity contribution in [2.24, 2.45) is 11.8 Å². The van der Waals surface area contributed by atoms with Crippen molar-refractivity contribution in [1.29, 1.82) is 0 Å². The van der Waals surface area contributed by atoms with Gasteiger partial charge in [-0.15, -0.1) is 0 Å². The molecule has 3 fully saturated rings. The summed E-state index contributed by atoms with van der Waals surface area (Å²) in [5, 5.41) is 3.44. The van der Waals surface area contributed by atoms with Gasteiger partial charge in [0, 0.05) is 31.6 Å². The molecule has 0 bridgehead atoms. The maximum atomic E-state index is 12.3. The van der Waals surface area contributed by atoms with E-state index in [0.29, 0.717) is 31.3 Å². The molecule has 106 valence electrons. The molecular weight excluding hydrogens is 242 g/mol. The van der Waals surface area contributed by atoms with Crippen LogP contribution >= 0.6 is 0 Å². The van der Waals surface area contributed by atoms with Gasteiger partial charge in [0.25, 0.3) is 0 Å². The summed E-state index contributed by atoms with van der Waals surface area (Å²) in [5.74, 6) is 1.26. The first-order valence-electron chi connectivity index (χ1n) is 7.29. The Morgan fingerprint density at radius 2 is 2.21 bits per heavy atom. The highest BCUT2D eigenvalue weighted by Crippen LogP contribution is 2.40. The zero-order valence-electron chi connectivity index (χ0n) is 11.8. The van der Waals surface area contributed by atoms with Crippen molar-refractivity contribution in [1.82, 2.24) is 15.1 Å². The highest BCUT2D eigenvalue weighted by molar-refractivity contribution is 5.97. The summed E-state index contributed by atoms with van der Waals surface area (Å²) in [5.41, 5.74) is 0.0482. The number of hydrogen-bond donors (Lipinski definition) is 1. The highest BCUT2D eigenvalue weighted by Gasteiger charge is 2.50. The van der Waals surface area contributed by atoms with E-state index in [9.17, 15) is 9.59 Å². The summed E-state index contributed by atoms with van der Waals surface area (Å²) in [7, 11) is 0. The van der Waals surface area contributed by atoms with E-state index in [-0.39, 0.29) is 17.4 Å². The lowest BCUT2D eigenvalue weighted by molar-refractivity contribution is -0.143. The number of carbonyl (C=O) groups is 2. The minimum Gasteiger partial charge on any atom is -0.316 e. The molecule has 0 aromatic carbocycles. The van der Waals surface area contributed by atoms with E-state index in [2.05, 4.69) is 24.1 Å². The van der Waals surface area contributed by atoms with Gasteiger partial charge in [-0.05, 0) is 38.6 Å². The average Bonchev–Trinajstić information content (AvgIpc) is 3.00. The van der Waals surface area contributed by atoms with Crippen molar-refractivity contribution < 1.29 is 9.59 Å². The van der Waals surface area contributed by atoms with Crippen LogP contribution in [0.2, 0.25) is 0 Å². The summed E-state index contributed by atoms with van der Waals surface area (Å²) in [6.07, 6.45) is 1.35. The minimum atomic E-state index is -0.0106. The Bertz CT molecular complexity index is 407. The monoisotopic (exact) mass is 265 g/mol. The van der Waals surface area contributed by atoms with Gasteiger partial charge in [0.15, 0.2) is 0 Å². The van der Waals surface area contributed by atoms with Crippen molar-refractivity contribution in [2.45, 2.75) is 32.2 Å². The van der Waals surface area contributed by atoms with E-state index >= 15 is 0 Å². The van der Waals surface area contributed by atoms with Crippen LogP contribution in [0.5, 0.6) is 0 Å². The molecule has 0 aromatic heterocycles. The van der Waals surface area contributed by atoms with Crippen LogP contribution in [0.25, 0.3) is 0 Å². The average molecular weight is 265 g/mol. The number of hydrogen-bond acceptors (Lipinski definition) is 4. The third kappa shape index (κ3) is 2.09. The molecule has 0 saturated carbocycles. The molecule has 0 radical (unpaired) electrons. The lowest BCUT2D eigenvalue weighted by atomic mass is 9.85. The molecule has 3 saturated heterocycles. The maximum absolute atomic E-state index is 12.3. The molecule has 3 aliphatic heterocycles. The number of rotatable bonds is 2. The van der Waals surface area contributed by atoms with E-state index in [1.54, 1.807) is 0 Å². The molecule has 5 heteroatoms. The van der Waals surface area contributed by atoms with Gasteiger partial charge in [0.05, 0.1) is 6.54 Å². The molecule has 3 heterocycles. The Morgan fingerprint density at radius 3 is 2.84 bits per heavy atom. The van der Waals surface area contributed by atoms with Crippen LogP contribution in [0.4, 0.5) is 0 Å². The normalized spacial score (nSPS) is 34.0. The molecule has 3 aliphatic rings. The zero-order valence-corrected chi connectivity index (χ0v) is 11.8. The Balaban J connectivity index is 1.67.